The molecule has 38 heavy (non-hydrogen) atoms. The van der Waals surface area contributed by atoms with Crippen molar-refractivity contribution in [2.45, 2.75) is 19.7 Å². The van der Waals surface area contributed by atoms with Crippen molar-refractivity contribution < 1.29 is 19.4 Å². The Morgan fingerprint density at radius 1 is 1.05 bits per heavy atom. The number of benzene rings is 3. The summed E-state index contributed by atoms with van der Waals surface area (Å²) in [6, 6.07) is 20.0. The highest BCUT2D eigenvalue weighted by Gasteiger charge is 2.31. The monoisotopic (exact) mass is 526 g/mol. The van der Waals surface area contributed by atoms with Crippen LogP contribution in [0.4, 0.5) is 0 Å². The van der Waals surface area contributed by atoms with Gasteiger partial charge in [-0.05, 0) is 65.0 Å². The molecule has 0 fully saturated rings. The van der Waals surface area contributed by atoms with Gasteiger partial charge >= 0.3 is 5.97 Å². The first-order valence-electron chi connectivity index (χ1n) is 12.0. The highest BCUT2D eigenvalue weighted by Crippen LogP contribution is 2.40. The number of aromatic carboxylic acids is 1. The molecule has 3 aromatic carbocycles. The van der Waals surface area contributed by atoms with Gasteiger partial charge in [0.25, 0.3) is 5.91 Å². The minimum Gasteiger partial charge on any atom is -0.488 e. The quantitative estimate of drug-likeness (QED) is 0.297. The predicted molar refractivity (Wildman–Crippen MR) is 143 cm³/mol. The van der Waals surface area contributed by atoms with Gasteiger partial charge in [-0.3, -0.25) is 9.48 Å². The number of ether oxygens (including phenoxy) is 1. The topological polar surface area (TPSA) is 100 Å². The molecule has 1 aliphatic heterocycles. The molecule has 2 aromatic heterocycles. The van der Waals surface area contributed by atoms with Crippen molar-refractivity contribution in [1.82, 2.24) is 19.7 Å². The Balaban J connectivity index is 1.38. The highest BCUT2D eigenvalue weighted by molar-refractivity contribution is 6.31. The number of nitrogens with zero attached hydrogens (tertiary/aromatic N) is 3. The summed E-state index contributed by atoms with van der Waals surface area (Å²) in [5.41, 5.74) is 5.60. The number of halogens is 1. The number of rotatable bonds is 6. The van der Waals surface area contributed by atoms with Gasteiger partial charge in [0, 0.05) is 48.0 Å². The maximum atomic E-state index is 14.1. The molecule has 8 nitrogen and oxygen atoms in total. The van der Waals surface area contributed by atoms with Gasteiger partial charge in [0.15, 0.2) is 5.69 Å². The summed E-state index contributed by atoms with van der Waals surface area (Å²) in [7, 11) is 1.81. The molecule has 3 heterocycles. The van der Waals surface area contributed by atoms with E-state index in [4.69, 9.17) is 16.3 Å². The number of nitrogens with one attached hydrogen (secondary N) is 1. The third-order valence-electron chi connectivity index (χ3n) is 6.77. The Kier molecular flexibility index (Phi) is 5.88. The number of carbonyl (C=O) groups excluding carboxylic acids is 1. The van der Waals surface area contributed by atoms with Crippen molar-refractivity contribution in [2.24, 2.45) is 7.05 Å². The van der Waals surface area contributed by atoms with E-state index in [0.717, 1.165) is 33.3 Å². The van der Waals surface area contributed by atoms with E-state index >= 15 is 0 Å². The Bertz CT molecular complexity index is 1700. The van der Waals surface area contributed by atoms with E-state index in [1.165, 1.54) is 0 Å². The number of aryl methyl sites for hydroxylation is 1. The average Bonchev–Trinajstić information content (AvgIpc) is 3.52. The van der Waals surface area contributed by atoms with E-state index in [0.29, 0.717) is 28.6 Å². The third kappa shape index (κ3) is 4.29. The van der Waals surface area contributed by atoms with Crippen LogP contribution >= 0.6 is 11.6 Å². The van der Waals surface area contributed by atoms with Crippen molar-refractivity contribution in [1.29, 1.82) is 0 Å². The van der Waals surface area contributed by atoms with Crippen LogP contribution in [0.1, 0.15) is 37.5 Å². The predicted octanol–water partition coefficient (Wildman–Crippen LogP) is 5.66. The molecular formula is C29H23ClN4O4. The molecule has 0 aliphatic carbocycles. The van der Waals surface area contributed by atoms with Gasteiger partial charge in [0.1, 0.15) is 12.4 Å². The SMILES string of the molecule is Cn1nc(C(=O)N(Cc2ccc(C(=O)O)cc2)Cc2ccc3[nH]ccc3c2)c2c1-c1cc(Cl)ccc1OC2. The molecule has 190 valence electrons. The fourth-order valence-electron chi connectivity index (χ4n) is 4.92. The molecule has 6 rings (SSSR count). The lowest BCUT2D eigenvalue weighted by Crippen LogP contribution is -2.31. The summed E-state index contributed by atoms with van der Waals surface area (Å²) < 4.78 is 7.66. The van der Waals surface area contributed by atoms with Crippen molar-refractivity contribution in [3.05, 3.63) is 106 Å². The minimum atomic E-state index is -0.996. The molecule has 0 saturated carbocycles. The maximum Gasteiger partial charge on any atom is 0.335 e. The lowest BCUT2D eigenvalue weighted by atomic mass is 10.0. The number of aromatic nitrogens is 3. The van der Waals surface area contributed by atoms with Crippen molar-refractivity contribution in [3.63, 3.8) is 0 Å². The summed E-state index contributed by atoms with van der Waals surface area (Å²) in [5.74, 6) is -0.545. The number of carboxylic acids is 1. The maximum absolute atomic E-state index is 14.1. The number of fused-ring (bicyclic) bond motifs is 4. The van der Waals surface area contributed by atoms with Gasteiger partial charge in [-0.25, -0.2) is 4.79 Å². The first kappa shape index (κ1) is 23.8. The van der Waals surface area contributed by atoms with Crippen LogP contribution in [0.5, 0.6) is 5.75 Å². The molecule has 0 atom stereocenters. The van der Waals surface area contributed by atoms with Crippen molar-refractivity contribution >= 4 is 34.4 Å². The summed E-state index contributed by atoms with van der Waals surface area (Å²) in [4.78, 5) is 30.3. The van der Waals surface area contributed by atoms with Gasteiger partial charge in [-0.2, -0.15) is 5.10 Å². The number of carbonyl (C=O) groups is 2. The normalized spacial score (nSPS) is 12.1. The smallest absolute Gasteiger partial charge is 0.335 e. The van der Waals surface area contributed by atoms with E-state index < -0.39 is 5.97 Å². The number of carboxylic acid groups (broad SMARTS) is 1. The van der Waals surface area contributed by atoms with Crippen molar-refractivity contribution in [2.75, 3.05) is 0 Å². The molecule has 0 spiro atoms. The average molecular weight is 527 g/mol. The molecule has 1 aliphatic rings. The van der Waals surface area contributed by atoms with E-state index in [9.17, 15) is 14.7 Å². The summed E-state index contributed by atoms with van der Waals surface area (Å²) >= 11 is 6.26. The van der Waals surface area contributed by atoms with Crippen LogP contribution in [0.25, 0.3) is 22.2 Å². The zero-order chi connectivity index (χ0) is 26.4. The Labute approximate surface area is 223 Å². The Hall–Kier alpha value is -4.56. The molecule has 9 heteroatoms. The lowest BCUT2D eigenvalue weighted by Gasteiger charge is -2.24. The molecular weight excluding hydrogens is 504 g/mol. The minimum absolute atomic E-state index is 0.192. The number of amides is 1. The van der Waals surface area contributed by atoms with Gasteiger partial charge < -0.3 is 19.7 Å². The molecule has 1 amide bonds. The van der Waals surface area contributed by atoms with Gasteiger partial charge in [-0.1, -0.05) is 29.8 Å². The summed E-state index contributed by atoms with van der Waals surface area (Å²) in [6.07, 6.45) is 1.88. The van der Waals surface area contributed by atoms with Gasteiger partial charge in [-0.15, -0.1) is 0 Å². The van der Waals surface area contributed by atoms with Crippen LogP contribution < -0.4 is 4.74 Å². The second-order valence-electron chi connectivity index (χ2n) is 9.29. The number of hydrogen-bond acceptors (Lipinski definition) is 4. The first-order valence-corrected chi connectivity index (χ1v) is 12.4. The third-order valence-corrected chi connectivity index (χ3v) is 7.00. The number of H-pyrrole nitrogens is 1. The van der Waals surface area contributed by atoms with Crippen LogP contribution in [-0.2, 0) is 26.7 Å². The van der Waals surface area contributed by atoms with E-state index in [1.54, 1.807) is 47.0 Å². The van der Waals surface area contributed by atoms with Gasteiger partial charge in [0.2, 0.25) is 0 Å². The van der Waals surface area contributed by atoms with Crippen LogP contribution in [0.15, 0.2) is 72.9 Å². The number of aromatic amines is 1. The molecule has 2 N–H and O–H groups in total. The Morgan fingerprint density at radius 2 is 1.82 bits per heavy atom. The fraction of sp³-hybridized carbons (Fsp3) is 0.138. The lowest BCUT2D eigenvalue weighted by molar-refractivity contribution is 0.0692. The first-order chi connectivity index (χ1) is 18.4. The fourth-order valence-corrected chi connectivity index (χ4v) is 5.09. The zero-order valence-corrected chi connectivity index (χ0v) is 21.2. The van der Waals surface area contributed by atoms with Gasteiger partial charge in [0.05, 0.1) is 11.3 Å². The molecule has 0 bridgehead atoms. The summed E-state index contributed by atoms with van der Waals surface area (Å²) in [6.45, 7) is 0.836. The van der Waals surface area contributed by atoms with Crippen LogP contribution in [0.2, 0.25) is 5.02 Å². The zero-order valence-electron chi connectivity index (χ0n) is 20.4. The second-order valence-corrected chi connectivity index (χ2v) is 9.73. The highest BCUT2D eigenvalue weighted by atomic mass is 35.5. The molecule has 0 radical (unpaired) electrons. The van der Waals surface area contributed by atoms with E-state index in [-0.39, 0.29) is 24.6 Å². The summed E-state index contributed by atoms with van der Waals surface area (Å²) in [5, 5.41) is 15.5. The second kappa shape index (κ2) is 9.39. The molecule has 0 unspecified atom stereocenters. The largest absolute Gasteiger partial charge is 0.488 e. The van der Waals surface area contributed by atoms with Crippen LogP contribution in [0, 0.1) is 0 Å². The standard InChI is InChI=1S/C29H23ClN4O4/c1-33-27-22-13-21(30)7-9-25(22)38-16-23(27)26(32-33)28(35)34(14-17-2-5-19(6-3-17)29(36)37)15-18-4-8-24-20(12-18)10-11-31-24/h2-13,31H,14-16H2,1H3,(H,36,37). The molecule has 0 saturated heterocycles. The van der Waals surface area contributed by atoms with Crippen LogP contribution in [-0.4, -0.2) is 36.6 Å². The van der Waals surface area contributed by atoms with Crippen LogP contribution in [0.3, 0.4) is 0 Å². The van der Waals surface area contributed by atoms with Crippen molar-refractivity contribution in [3.8, 4) is 17.0 Å². The number of hydrogen-bond donors (Lipinski definition) is 2. The molecule has 5 aromatic rings. The van der Waals surface area contributed by atoms with E-state index in [1.807, 2.05) is 36.5 Å². The Morgan fingerprint density at radius 3 is 2.61 bits per heavy atom. The van der Waals surface area contributed by atoms with E-state index in [2.05, 4.69) is 16.1 Å².